The minimum absolute atomic E-state index is 0.103. The Hall–Kier alpha value is -2.37. The Morgan fingerprint density at radius 1 is 1.04 bits per heavy atom. The van der Waals surface area contributed by atoms with Gasteiger partial charge in [0.2, 0.25) is 10.0 Å². The second kappa shape index (κ2) is 14.0. The zero-order chi connectivity index (χ0) is 34.4. The average Bonchev–Trinajstić information content (AvgIpc) is 3.22. The number of hydrogen-bond acceptors (Lipinski definition) is 8. The molecule has 2 aromatic rings. The van der Waals surface area contributed by atoms with Crippen molar-refractivity contribution in [2.75, 3.05) is 64.1 Å². The number of amides is 1. The van der Waals surface area contributed by atoms with E-state index in [1.54, 1.807) is 13.0 Å². The van der Waals surface area contributed by atoms with E-state index < -0.39 is 21.2 Å². The lowest BCUT2D eigenvalue weighted by molar-refractivity contribution is -0.0697. The number of morpholine rings is 1. The SMILES string of the molecule is C[C@@H]1[C@@H](C)CCC[C@](CO)(CN2CCOCC2)[C@@H]2CC[C@H]2CN2C[C@@]3(CCCc4cc(Cl)ccc43)COc3ccc(cc32)C(=O)NS1(=O)=O. The molecule has 5 aliphatic rings. The van der Waals surface area contributed by atoms with Gasteiger partial charge < -0.3 is 19.5 Å². The monoisotopic (exact) mass is 713 g/mol. The molecule has 1 saturated heterocycles. The van der Waals surface area contributed by atoms with Crippen LogP contribution in [0.4, 0.5) is 5.69 Å². The molecular weight excluding hydrogens is 662 g/mol. The fourth-order valence-corrected chi connectivity index (χ4v) is 11.1. The molecule has 1 saturated carbocycles. The molecule has 2 aliphatic carbocycles. The van der Waals surface area contributed by atoms with Crippen LogP contribution in [-0.2, 0) is 26.6 Å². The van der Waals surface area contributed by atoms with Crippen molar-refractivity contribution in [1.82, 2.24) is 9.62 Å². The predicted molar refractivity (Wildman–Crippen MR) is 192 cm³/mol. The van der Waals surface area contributed by atoms with Gasteiger partial charge in [-0.05, 0) is 111 Å². The molecule has 3 heterocycles. The topological polar surface area (TPSA) is 108 Å². The average molecular weight is 714 g/mol. The van der Waals surface area contributed by atoms with Crippen molar-refractivity contribution in [3.63, 3.8) is 0 Å². The second-order valence-electron chi connectivity index (χ2n) is 15.7. The summed E-state index contributed by atoms with van der Waals surface area (Å²) in [5.74, 6) is 0.606. The van der Waals surface area contributed by atoms with Crippen molar-refractivity contribution in [2.24, 2.45) is 23.2 Å². The van der Waals surface area contributed by atoms with Crippen LogP contribution in [0.3, 0.4) is 0 Å². The van der Waals surface area contributed by atoms with Crippen LogP contribution in [0.15, 0.2) is 36.4 Å². The van der Waals surface area contributed by atoms with Gasteiger partial charge in [-0.2, -0.15) is 0 Å². The van der Waals surface area contributed by atoms with Crippen molar-refractivity contribution in [2.45, 2.75) is 75.9 Å². The maximum Gasteiger partial charge on any atom is 0.264 e. The summed E-state index contributed by atoms with van der Waals surface area (Å²) in [6.45, 7) is 9.68. The minimum Gasteiger partial charge on any atom is -0.490 e. The van der Waals surface area contributed by atoms with Crippen LogP contribution >= 0.6 is 11.6 Å². The summed E-state index contributed by atoms with van der Waals surface area (Å²) in [7, 11) is -3.93. The lowest BCUT2D eigenvalue weighted by Gasteiger charge is -2.53. The third-order valence-corrected chi connectivity index (χ3v) is 14.9. The minimum atomic E-state index is -3.93. The maximum atomic E-state index is 13.6. The summed E-state index contributed by atoms with van der Waals surface area (Å²) in [5, 5.41) is 11.3. The van der Waals surface area contributed by atoms with Crippen LogP contribution in [0.2, 0.25) is 5.02 Å². The summed E-state index contributed by atoms with van der Waals surface area (Å²) in [5.41, 5.74) is 3.10. The fourth-order valence-electron chi connectivity index (χ4n) is 9.56. The highest BCUT2D eigenvalue weighted by atomic mass is 35.5. The Bertz CT molecular complexity index is 1650. The van der Waals surface area contributed by atoms with E-state index >= 15 is 0 Å². The molecule has 6 atom stereocenters. The Morgan fingerprint density at radius 2 is 1.86 bits per heavy atom. The fraction of sp³-hybridized carbons (Fsp3) is 0.658. The Kier molecular flexibility index (Phi) is 10.0. The number of ether oxygens (including phenoxy) is 2. The van der Waals surface area contributed by atoms with Crippen LogP contribution in [0, 0.1) is 23.2 Å². The van der Waals surface area contributed by atoms with Gasteiger partial charge in [-0.25, -0.2) is 13.1 Å². The lowest BCUT2D eigenvalue weighted by atomic mass is 9.57. The van der Waals surface area contributed by atoms with Crippen LogP contribution in [0.5, 0.6) is 5.75 Å². The summed E-state index contributed by atoms with van der Waals surface area (Å²) in [6, 6.07) is 11.6. The van der Waals surface area contributed by atoms with E-state index in [2.05, 4.69) is 26.7 Å². The molecule has 49 heavy (non-hydrogen) atoms. The first kappa shape index (κ1) is 35.1. The van der Waals surface area contributed by atoms with Crippen molar-refractivity contribution < 1.29 is 27.8 Å². The molecule has 11 heteroatoms. The number of hydrogen-bond donors (Lipinski definition) is 2. The third-order valence-electron chi connectivity index (χ3n) is 12.8. The number of rotatable bonds is 3. The smallest absolute Gasteiger partial charge is 0.264 e. The van der Waals surface area contributed by atoms with Crippen LogP contribution in [0.1, 0.15) is 80.3 Å². The van der Waals surface area contributed by atoms with Gasteiger partial charge in [0.25, 0.3) is 5.91 Å². The number of anilines is 1. The van der Waals surface area contributed by atoms with E-state index in [0.717, 1.165) is 81.8 Å². The first-order valence-corrected chi connectivity index (χ1v) is 20.2. The van der Waals surface area contributed by atoms with Crippen LogP contribution in [-0.4, -0.2) is 88.7 Å². The van der Waals surface area contributed by atoms with Crippen molar-refractivity contribution in [3.05, 3.63) is 58.1 Å². The number of nitrogens with zero attached hydrogens (tertiary/aromatic N) is 2. The van der Waals surface area contributed by atoms with Crippen molar-refractivity contribution in [3.8, 4) is 5.75 Å². The van der Waals surface area contributed by atoms with E-state index in [-0.39, 0.29) is 23.4 Å². The molecule has 0 radical (unpaired) electrons. The van der Waals surface area contributed by atoms with E-state index in [9.17, 15) is 18.3 Å². The summed E-state index contributed by atoms with van der Waals surface area (Å²) in [4.78, 5) is 18.5. The molecule has 2 fully saturated rings. The third kappa shape index (κ3) is 6.85. The van der Waals surface area contributed by atoms with E-state index in [0.29, 0.717) is 55.9 Å². The molecule has 7 rings (SSSR count). The number of nitrogens with one attached hydrogen (secondary N) is 1. The maximum absolute atomic E-state index is 13.6. The molecule has 2 aromatic carbocycles. The Balaban J connectivity index is 1.30. The van der Waals surface area contributed by atoms with Gasteiger partial charge in [0.05, 0.1) is 37.4 Å². The van der Waals surface area contributed by atoms with Crippen LogP contribution in [0.25, 0.3) is 0 Å². The molecule has 1 amide bonds. The van der Waals surface area contributed by atoms with Gasteiger partial charge in [-0.15, -0.1) is 0 Å². The highest BCUT2D eigenvalue weighted by Crippen LogP contribution is 2.52. The Labute approximate surface area is 296 Å². The van der Waals surface area contributed by atoms with Gasteiger partial charge in [-0.3, -0.25) is 9.69 Å². The molecular formula is C38H52ClN3O6S. The summed E-state index contributed by atoms with van der Waals surface area (Å²) >= 11 is 6.47. The van der Waals surface area contributed by atoms with Crippen molar-refractivity contribution in [1.29, 1.82) is 0 Å². The Morgan fingerprint density at radius 3 is 2.61 bits per heavy atom. The number of fused-ring (bicyclic) bond motifs is 4. The van der Waals surface area contributed by atoms with Gasteiger partial charge in [-0.1, -0.05) is 31.0 Å². The van der Waals surface area contributed by atoms with E-state index in [1.807, 2.05) is 25.1 Å². The number of halogens is 1. The molecule has 3 aliphatic heterocycles. The van der Waals surface area contributed by atoms with Gasteiger partial charge in [0.15, 0.2) is 0 Å². The molecule has 9 nitrogen and oxygen atoms in total. The quantitative estimate of drug-likeness (QED) is 0.435. The number of aryl methyl sites for hydroxylation is 1. The van der Waals surface area contributed by atoms with E-state index in [4.69, 9.17) is 21.1 Å². The molecule has 2 bridgehead atoms. The van der Waals surface area contributed by atoms with Crippen LogP contribution < -0.4 is 14.4 Å². The van der Waals surface area contributed by atoms with Gasteiger partial charge in [0, 0.05) is 54.1 Å². The number of carbonyl (C=O) groups excluding carboxylic acids is 1. The summed E-state index contributed by atoms with van der Waals surface area (Å²) in [6.07, 6.45) is 7.45. The number of benzene rings is 2. The number of aliphatic hydroxyl groups is 1. The molecule has 0 aromatic heterocycles. The normalized spacial score (nSPS) is 33.7. The second-order valence-corrected chi connectivity index (χ2v) is 18.2. The molecule has 2 N–H and O–H groups in total. The first-order valence-electron chi connectivity index (χ1n) is 18.3. The van der Waals surface area contributed by atoms with Crippen molar-refractivity contribution >= 4 is 33.2 Å². The largest absolute Gasteiger partial charge is 0.490 e. The molecule has 268 valence electrons. The summed E-state index contributed by atoms with van der Waals surface area (Å²) < 4.78 is 41.8. The lowest BCUT2D eigenvalue weighted by Crippen LogP contribution is -2.55. The van der Waals surface area contributed by atoms with E-state index in [1.165, 1.54) is 11.1 Å². The first-order chi connectivity index (χ1) is 23.5. The van der Waals surface area contributed by atoms with Gasteiger partial charge in [0.1, 0.15) is 5.75 Å². The highest BCUT2D eigenvalue weighted by Gasteiger charge is 2.50. The molecule has 1 spiro atoms. The predicted octanol–water partition coefficient (Wildman–Crippen LogP) is 5.42. The zero-order valence-electron chi connectivity index (χ0n) is 29.0. The van der Waals surface area contributed by atoms with Gasteiger partial charge >= 0.3 is 0 Å². The molecule has 0 unspecified atom stereocenters. The highest BCUT2D eigenvalue weighted by molar-refractivity contribution is 7.90. The zero-order valence-corrected chi connectivity index (χ0v) is 30.5. The number of aliphatic hydroxyl groups excluding tert-OH is 1. The number of carbonyl (C=O) groups is 1. The number of sulfonamides is 1. The standard InChI is InChI=1S/C38H52ClN3O6S/c1-26-5-3-13-37(24-43,22-41-15-17-47-18-16-41)33-10-7-30(33)21-42-23-38(14-4-6-28-19-31(39)9-11-32(28)38)25-48-35-12-8-29(20-34(35)42)36(44)40-49(45,46)27(26)2/h8-9,11-12,19-20,26-27,30,33,43H,3-7,10,13-18,21-25H2,1-2H3,(H,40,44)/t26-,27+,30-,33+,37+,38-/m0/s1.